The van der Waals surface area contributed by atoms with Gasteiger partial charge < -0.3 is 9.84 Å². The first-order valence-corrected chi connectivity index (χ1v) is 7.06. The minimum Gasteiger partial charge on any atom is -0.497 e. The number of nitrogens with zero attached hydrogens (tertiary/aromatic N) is 2. The fourth-order valence-electron chi connectivity index (χ4n) is 2.25. The van der Waals surface area contributed by atoms with E-state index in [1.54, 1.807) is 18.0 Å². The van der Waals surface area contributed by atoms with Crippen molar-refractivity contribution in [3.05, 3.63) is 47.3 Å². The molecule has 1 aromatic carbocycles. The van der Waals surface area contributed by atoms with Gasteiger partial charge in [-0.1, -0.05) is 25.5 Å². The number of aromatic carboxylic acids is 1. The van der Waals surface area contributed by atoms with Crippen LogP contribution in [0.1, 0.15) is 41.4 Å². The second-order valence-electron chi connectivity index (χ2n) is 4.93. The van der Waals surface area contributed by atoms with Crippen molar-refractivity contribution in [3.63, 3.8) is 0 Å². The van der Waals surface area contributed by atoms with Crippen LogP contribution in [0.5, 0.6) is 5.75 Å². The molecule has 0 fully saturated rings. The van der Waals surface area contributed by atoms with Crippen LogP contribution >= 0.6 is 0 Å². The van der Waals surface area contributed by atoms with Crippen LogP contribution in [0.2, 0.25) is 0 Å². The van der Waals surface area contributed by atoms with Crippen LogP contribution in [-0.4, -0.2) is 28.0 Å². The van der Waals surface area contributed by atoms with Crippen molar-refractivity contribution in [3.8, 4) is 5.75 Å². The molecule has 1 N–H and O–H groups in total. The molecular weight excluding hydrogens is 268 g/mol. The number of carbonyl (C=O) groups is 1. The molecule has 0 radical (unpaired) electrons. The maximum absolute atomic E-state index is 11.5. The number of carboxylic acid groups (broad SMARTS) is 1. The Labute approximate surface area is 124 Å². The molecule has 112 valence electrons. The van der Waals surface area contributed by atoms with Crippen LogP contribution in [0, 0.1) is 0 Å². The molecule has 0 saturated heterocycles. The third-order valence-corrected chi connectivity index (χ3v) is 3.41. The Hall–Kier alpha value is -2.30. The summed E-state index contributed by atoms with van der Waals surface area (Å²) in [7, 11) is 1.62. The molecule has 1 heterocycles. The molecule has 0 aliphatic carbocycles. The molecule has 0 aliphatic rings. The Morgan fingerprint density at radius 3 is 2.62 bits per heavy atom. The van der Waals surface area contributed by atoms with Gasteiger partial charge in [0.15, 0.2) is 0 Å². The Bertz CT molecular complexity index is 602. The third-order valence-electron chi connectivity index (χ3n) is 3.41. The zero-order chi connectivity index (χ0) is 15.2. The first-order chi connectivity index (χ1) is 10.2. The lowest BCUT2D eigenvalue weighted by Gasteiger charge is -2.07. The summed E-state index contributed by atoms with van der Waals surface area (Å²) in [5.74, 6) is -0.145. The smallest absolute Gasteiger partial charge is 0.354 e. The molecule has 0 aliphatic heterocycles. The zero-order valence-electron chi connectivity index (χ0n) is 12.4. The van der Waals surface area contributed by atoms with Gasteiger partial charge in [0.25, 0.3) is 0 Å². The minimum atomic E-state index is -0.924. The normalized spacial score (nSPS) is 10.6. The molecule has 0 bridgehead atoms. The van der Waals surface area contributed by atoms with E-state index in [0.717, 1.165) is 36.1 Å². The first-order valence-electron chi connectivity index (χ1n) is 7.06. The van der Waals surface area contributed by atoms with Crippen molar-refractivity contribution in [2.75, 3.05) is 7.11 Å². The summed E-state index contributed by atoms with van der Waals surface area (Å²) in [6.07, 6.45) is 4.42. The molecular formula is C16H20N2O3. The lowest BCUT2D eigenvalue weighted by molar-refractivity contribution is 0.0682. The predicted molar refractivity (Wildman–Crippen MR) is 79.9 cm³/mol. The van der Waals surface area contributed by atoms with Crippen LogP contribution < -0.4 is 4.74 Å². The van der Waals surface area contributed by atoms with Gasteiger partial charge in [-0.2, -0.15) is 5.10 Å². The summed E-state index contributed by atoms with van der Waals surface area (Å²) >= 11 is 0. The highest BCUT2D eigenvalue weighted by Gasteiger charge is 2.17. The standard InChI is InChI=1S/C16H20N2O3/c1-3-4-5-13-10-17-18(15(13)16(19)20)11-12-6-8-14(21-2)9-7-12/h6-10H,3-5,11H2,1-2H3,(H,19,20). The van der Waals surface area contributed by atoms with Gasteiger partial charge in [0, 0.05) is 5.56 Å². The van der Waals surface area contributed by atoms with Gasteiger partial charge in [-0.25, -0.2) is 4.79 Å². The Kier molecular flexibility index (Phi) is 4.98. The summed E-state index contributed by atoms with van der Waals surface area (Å²) in [5.41, 5.74) is 2.08. The highest BCUT2D eigenvalue weighted by molar-refractivity contribution is 5.87. The number of aryl methyl sites for hydroxylation is 1. The van der Waals surface area contributed by atoms with Crippen LogP contribution in [0.3, 0.4) is 0 Å². The number of ether oxygens (including phenoxy) is 1. The lowest BCUT2D eigenvalue weighted by Crippen LogP contribution is -2.12. The SMILES string of the molecule is CCCCc1cnn(Cc2ccc(OC)cc2)c1C(=O)O. The van der Waals surface area contributed by atoms with Crippen LogP contribution in [0.15, 0.2) is 30.5 Å². The van der Waals surface area contributed by atoms with Crippen LogP contribution in [0.4, 0.5) is 0 Å². The van der Waals surface area contributed by atoms with E-state index in [4.69, 9.17) is 4.74 Å². The molecule has 0 spiro atoms. The minimum absolute atomic E-state index is 0.291. The van der Waals surface area contributed by atoms with E-state index in [1.807, 2.05) is 24.3 Å². The van der Waals surface area contributed by atoms with Crippen LogP contribution in [0.25, 0.3) is 0 Å². The second kappa shape index (κ2) is 6.92. The number of methoxy groups -OCH3 is 1. The van der Waals surface area contributed by atoms with Crippen molar-refractivity contribution in [2.45, 2.75) is 32.7 Å². The number of unbranched alkanes of at least 4 members (excludes halogenated alkanes) is 1. The van der Waals surface area contributed by atoms with E-state index in [2.05, 4.69) is 12.0 Å². The second-order valence-corrected chi connectivity index (χ2v) is 4.93. The summed E-state index contributed by atoms with van der Waals surface area (Å²) in [6, 6.07) is 7.55. The van der Waals surface area contributed by atoms with Crippen LogP contribution in [-0.2, 0) is 13.0 Å². The average Bonchev–Trinajstić information content (AvgIpc) is 2.88. The van der Waals surface area contributed by atoms with Gasteiger partial charge in [-0.15, -0.1) is 0 Å². The Morgan fingerprint density at radius 1 is 1.33 bits per heavy atom. The van der Waals surface area contributed by atoms with E-state index >= 15 is 0 Å². The number of hydrogen-bond donors (Lipinski definition) is 1. The van der Waals surface area contributed by atoms with Gasteiger partial charge >= 0.3 is 5.97 Å². The Morgan fingerprint density at radius 2 is 2.05 bits per heavy atom. The fraction of sp³-hybridized carbons (Fsp3) is 0.375. The van der Waals surface area contributed by atoms with E-state index in [1.165, 1.54) is 0 Å². The first kappa shape index (κ1) is 15.1. The molecule has 21 heavy (non-hydrogen) atoms. The van der Waals surface area contributed by atoms with Crippen molar-refractivity contribution in [2.24, 2.45) is 0 Å². The number of rotatable bonds is 7. The molecule has 2 rings (SSSR count). The molecule has 0 unspecified atom stereocenters. The molecule has 1 aromatic heterocycles. The number of benzene rings is 1. The monoisotopic (exact) mass is 288 g/mol. The topological polar surface area (TPSA) is 64.4 Å². The lowest BCUT2D eigenvalue weighted by atomic mass is 10.1. The highest BCUT2D eigenvalue weighted by atomic mass is 16.5. The Balaban J connectivity index is 2.22. The van der Waals surface area contributed by atoms with Crippen molar-refractivity contribution < 1.29 is 14.6 Å². The molecule has 5 heteroatoms. The van der Waals surface area contributed by atoms with E-state index in [0.29, 0.717) is 12.2 Å². The maximum Gasteiger partial charge on any atom is 0.354 e. The highest BCUT2D eigenvalue weighted by Crippen LogP contribution is 2.16. The third kappa shape index (κ3) is 3.62. The van der Waals surface area contributed by atoms with Gasteiger partial charge in [-0.05, 0) is 30.5 Å². The van der Waals surface area contributed by atoms with Gasteiger partial charge in [0.2, 0.25) is 0 Å². The largest absolute Gasteiger partial charge is 0.497 e. The molecule has 5 nitrogen and oxygen atoms in total. The summed E-state index contributed by atoms with van der Waals surface area (Å²) in [4.78, 5) is 11.5. The fourth-order valence-corrected chi connectivity index (χ4v) is 2.25. The number of aromatic nitrogens is 2. The molecule has 0 atom stereocenters. The van der Waals surface area contributed by atoms with E-state index in [9.17, 15) is 9.90 Å². The van der Waals surface area contributed by atoms with Gasteiger partial charge in [0.05, 0.1) is 19.9 Å². The van der Waals surface area contributed by atoms with E-state index < -0.39 is 5.97 Å². The number of carboxylic acids is 1. The van der Waals surface area contributed by atoms with Gasteiger partial charge in [-0.3, -0.25) is 4.68 Å². The van der Waals surface area contributed by atoms with Crippen molar-refractivity contribution in [1.82, 2.24) is 9.78 Å². The molecule has 2 aromatic rings. The molecule has 0 amide bonds. The summed E-state index contributed by atoms with van der Waals surface area (Å²) in [6.45, 7) is 2.53. The van der Waals surface area contributed by atoms with Gasteiger partial charge in [0.1, 0.15) is 11.4 Å². The summed E-state index contributed by atoms with van der Waals surface area (Å²) < 4.78 is 6.66. The average molecular weight is 288 g/mol. The quantitative estimate of drug-likeness (QED) is 0.850. The van der Waals surface area contributed by atoms with Crippen molar-refractivity contribution >= 4 is 5.97 Å². The summed E-state index contributed by atoms with van der Waals surface area (Å²) in [5, 5.41) is 13.6. The predicted octanol–water partition coefficient (Wildman–Crippen LogP) is 2.98. The number of hydrogen-bond acceptors (Lipinski definition) is 3. The van der Waals surface area contributed by atoms with Crippen molar-refractivity contribution in [1.29, 1.82) is 0 Å². The molecule has 0 saturated carbocycles. The maximum atomic E-state index is 11.5. The van der Waals surface area contributed by atoms with E-state index in [-0.39, 0.29) is 0 Å². The zero-order valence-corrected chi connectivity index (χ0v) is 12.4.